The van der Waals surface area contributed by atoms with E-state index >= 15 is 0 Å². The molecule has 1 saturated heterocycles. The standard InChI is InChI=1S/C11H16N6O3S/c1-16-9(2-5-12-16)21(19,20)17-6-3-8(4-7-17)10-13-11(18)15-14-10/h2,5,8H,3-4,6-7H2,1H3,(H2,13,14,15,18). The van der Waals surface area contributed by atoms with Crippen LogP contribution in [0.1, 0.15) is 24.6 Å². The molecule has 0 unspecified atom stereocenters. The number of rotatable bonds is 3. The van der Waals surface area contributed by atoms with Crippen LogP contribution in [0, 0.1) is 0 Å². The van der Waals surface area contributed by atoms with Crippen LogP contribution in [0.3, 0.4) is 0 Å². The molecule has 0 saturated carbocycles. The third-order valence-electron chi connectivity index (χ3n) is 3.74. The molecular formula is C11H16N6O3S. The molecule has 114 valence electrons. The first kappa shape index (κ1) is 14.0. The number of nitrogens with one attached hydrogen (secondary N) is 2. The molecule has 0 atom stereocenters. The van der Waals surface area contributed by atoms with Crippen LogP contribution < -0.4 is 5.69 Å². The molecule has 1 aliphatic rings. The van der Waals surface area contributed by atoms with Crippen LogP contribution in [0.2, 0.25) is 0 Å². The average Bonchev–Trinajstić information content (AvgIpc) is 3.08. The Morgan fingerprint density at radius 1 is 1.33 bits per heavy atom. The van der Waals surface area contributed by atoms with Crippen molar-refractivity contribution in [3.8, 4) is 0 Å². The van der Waals surface area contributed by atoms with Crippen LogP contribution in [-0.2, 0) is 17.1 Å². The maximum absolute atomic E-state index is 12.5. The molecule has 3 rings (SSSR count). The van der Waals surface area contributed by atoms with E-state index < -0.39 is 10.0 Å². The van der Waals surface area contributed by atoms with Crippen molar-refractivity contribution in [1.82, 2.24) is 29.3 Å². The number of aromatic nitrogens is 5. The summed E-state index contributed by atoms with van der Waals surface area (Å²) in [5, 5.41) is 10.3. The SMILES string of the molecule is Cn1nccc1S(=O)(=O)N1CCC(c2n[nH]c(=O)[nH]2)CC1. The van der Waals surface area contributed by atoms with Gasteiger partial charge in [0.1, 0.15) is 5.82 Å². The van der Waals surface area contributed by atoms with Gasteiger partial charge in [0.05, 0.1) is 6.20 Å². The van der Waals surface area contributed by atoms with E-state index in [-0.39, 0.29) is 16.6 Å². The van der Waals surface area contributed by atoms with E-state index in [1.807, 2.05) is 0 Å². The predicted octanol–water partition coefficient (Wildman–Crippen LogP) is -0.600. The number of hydrogen-bond donors (Lipinski definition) is 2. The van der Waals surface area contributed by atoms with Crippen molar-refractivity contribution in [3.63, 3.8) is 0 Å². The predicted molar refractivity (Wildman–Crippen MR) is 73.2 cm³/mol. The fraction of sp³-hybridized carbons (Fsp3) is 0.545. The molecule has 1 aliphatic heterocycles. The molecule has 0 radical (unpaired) electrons. The zero-order valence-corrected chi connectivity index (χ0v) is 12.3. The normalized spacial score (nSPS) is 18.1. The molecule has 0 spiro atoms. The smallest absolute Gasteiger partial charge is 0.293 e. The molecule has 0 amide bonds. The maximum atomic E-state index is 12.5. The monoisotopic (exact) mass is 312 g/mol. The highest BCUT2D eigenvalue weighted by Gasteiger charge is 2.32. The minimum Gasteiger partial charge on any atom is -0.293 e. The lowest BCUT2D eigenvalue weighted by molar-refractivity contribution is 0.311. The number of sulfonamides is 1. The number of H-pyrrole nitrogens is 2. The summed E-state index contributed by atoms with van der Waals surface area (Å²) in [6.07, 6.45) is 2.71. The first-order valence-electron chi connectivity index (χ1n) is 6.61. The minimum absolute atomic E-state index is 0.0712. The Morgan fingerprint density at radius 3 is 2.57 bits per heavy atom. The summed E-state index contributed by atoms with van der Waals surface area (Å²) in [5.74, 6) is 0.666. The van der Waals surface area contributed by atoms with Gasteiger partial charge in [-0.05, 0) is 18.9 Å². The molecule has 2 aromatic heterocycles. The molecule has 2 N–H and O–H groups in total. The Kier molecular flexibility index (Phi) is 3.41. The van der Waals surface area contributed by atoms with Crippen LogP contribution in [0.5, 0.6) is 0 Å². The summed E-state index contributed by atoms with van der Waals surface area (Å²) in [7, 11) is -1.91. The molecule has 1 fully saturated rings. The third kappa shape index (κ3) is 2.51. The second kappa shape index (κ2) is 5.11. The number of hydrogen-bond acceptors (Lipinski definition) is 5. The molecule has 3 heterocycles. The largest absolute Gasteiger partial charge is 0.340 e. The van der Waals surface area contributed by atoms with Gasteiger partial charge >= 0.3 is 5.69 Å². The topological polar surface area (TPSA) is 117 Å². The van der Waals surface area contributed by atoms with E-state index in [4.69, 9.17) is 0 Å². The van der Waals surface area contributed by atoms with Gasteiger partial charge in [0.15, 0.2) is 5.03 Å². The molecule has 0 aromatic carbocycles. The lowest BCUT2D eigenvalue weighted by Crippen LogP contribution is -2.38. The number of nitrogens with zero attached hydrogens (tertiary/aromatic N) is 4. The van der Waals surface area contributed by atoms with Gasteiger partial charge < -0.3 is 0 Å². The van der Waals surface area contributed by atoms with Gasteiger partial charge in [-0.2, -0.15) is 14.5 Å². The quantitative estimate of drug-likeness (QED) is 0.785. The van der Waals surface area contributed by atoms with Gasteiger partial charge in [0, 0.05) is 26.1 Å². The maximum Gasteiger partial charge on any atom is 0.340 e. The summed E-state index contributed by atoms with van der Waals surface area (Å²) >= 11 is 0. The van der Waals surface area contributed by atoms with Crippen molar-refractivity contribution in [2.75, 3.05) is 13.1 Å². The summed E-state index contributed by atoms with van der Waals surface area (Å²) in [4.78, 5) is 13.7. The fourth-order valence-electron chi connectivity index (χ4n) is 2.59. The van der Waals surface area contributed by atoms with E-state index in [1.165, 1.54) is 21.3 Å². The first-order valence-corrected chi connectivity index (χ1v) is 8.05. The summed E-state index contributed by atoms with van der Waals surface area (Å²) in [6, 6.07) is 1.49. The zero-order valence-electron chi connectivity index (χ0n) is 11.5. The van der Waals surface area contributed by atoms with Crippen molar-refractivity contribution in [1.29, 1.82) is 0 Å². The Bertz CT molecular complexity index is 781. The average molecular weight is 312 g/mol. The molecule has 21 heavy (non-hydrogen) atoms. The van der Waals surface area contributed by atoms with E-state index in [0.29, 0.717) is 31.8 Å². The molecular weight excluding hydrogens is 296 g/mol. The Labute approximate surface area is 121 Å². The molecule has 2 aromatic rings. The summed E-state index contributed by atoms with van der Waals surface area (Å²) in [5.41, 5.74) is -0.338. The van der Waals surface area contributed by atoms with Gasteiger partial charge in [-0.25, -0.2) is 18.3 Å². The second-order valence-corrected chi connectivity index (χ2v) is 6.92. The van der Waals surface area contributed by atoms with Crippen LogP contribution >= 0.6 is 0 Å². The number of aromatic amines is 2. The van der Waals surface area contributed by atoms with Crippen molar-refractivity contribution in [2.24, 2.45) is 7.05 Å². The van der Waals surface area contributed by atoms with Crippen LogP contribution in [0.25, 0.3) is 0 Å². The lowest BCUT2D eigenvalue weighted by atomic mass is 9.98. The summed E-state index contributed by atoms with van der Waals surface area (Å²) in [6.45, 7) is 0.792. The van der Waals surface area contributed by atoms with Crippen molar-refractivity contribution in [2.45, 2.75) is 23.8 Å². The van der Waals surface area contributed by atoms with Gasteiger partial charge in [0.25, 0.3) is 10.0 Å². The van der Waals surface area contributed by atoms with Crippen molar-refractivity contribution >= 4 is 10.0 Å². The van der Waals surface area contributed by atoms with E-state index in [0.717, 1.165) is 0 Å². The van der Waals surface area contributed by atoms with Crippen LogP contribution in [0.4, 0.5) is 0 Å². The van der Waals surface area contributed by atoms with Crippen LogP contribution in [0.15, 0.2) is 22.1 Å². The Hall–Kier alpha value is -1.94. The Morgan fingerprint density at radius 2 is 2.05 bits per heavy atom. The van der Waals surface area contributed by atoms with E-state index in [1.54, 1.807) is 7.05 Å². The fourth-order valence-corrected chi connectivity index (χ4v) is 4.16. The van der Waals surface area contributed by atoms with Gasteiger partial charge in [-0.1, -0.05) is 0 Å². The molecule has 0 aliphatic carbocycles. The third-order valence-corrected chi connectivity index (χ3v) is 5.71. The zero-order chi connectivity index (χ0) is 15.0. The number of piperidine rings is 1. The van der Waals surface area contributed by atoms with Gasteiger partial charge in [0.2, 0.25) is 0 Å². The van der Waals surface area contributed by atoms with E-state index in [2.05, 4.69) is 20.3 Å². The minimum atomic E-state index is -3.52. The van der Waals surface area contributed by atoms with E-state index in [9.17, 15) is 13.2 Å². The summed E-state index contributed by atoms with van der Waals surface area (Å²) < 4.78 is 27.8. The number of aryl methyl sites for hydroxylation is 1. The lowest BCUT2D eigenvalue weighted by Gasteiger charge is -2.29. The highest BCUT2D eigenvalue weighted by atomic mass is 32.2. The second-order valence-electron chi connectivity index (χ2n) is 5.03. The molecule has 0 bridgehead atoms. The highest BCUT2D eigenvalue weighted by Crippen LogP contribution is 2.28. The van der Waals surface area contributed by atoms with Crippen molar-refractivity contribution < 1.29 is 8.42 Å². The van der Waals surface area contributed by atoms with Gasteiger partial charge in [-0.3, -0.25) is 9.67 Å². The molecule has 9 nitrogen and oxygen atoms in total. The first-order chi connectivity index (χ1) is 9.98. The molecule has 10 heteroatoms. The van der Waals surface area contributed by atoms with Crippen LogP contribution in [-0.4, -0.2) is 50.8 Å². The van der Waals surface area contributed by atoms with Gasteiger partial charge in [-0.15, -0.1) is 0 Å². The van der Waals surface area contributed by atoms with Crippen molar-refractivity contribution in [3.05, 3.63) is 28.6 Å². The Balaban J connectivity index is 1.74. The highest BCUT2D eigenvalue weighted by molar-refractivity contribution is 7.89.